The number of anilines is 1. The van der Waals surface area contributed by atoms with Gasteiger partial charge in [-0.15, -0.1) is 0 Å². The van der Waals surface area contributed by atoms with Crippen molar-refractivity contribution in [2.75, 3.05) is 51.1 Å². The molecule has 91 heavy (non-hydrogen) atoms. The largest absolute Gasteiger partial charge is 0.376 e. The zero-order valence-corrected chi connectivity index (χ0v) is 52.3. The van der Waals surface area contributed by atoms with E-state index in [2.05, 4.69) is 15.3 Å². The highest BCUT2D eigenvalue weighted by molar-refractivity contribution is 6.09. The van der Waals surface area contributed by atoms with Gasteiger partial charge in [-0.05, 0) is 99.2 Å². The van der Waals surface area contributed by atoms with Crippen molar-refractivity contribution in [3.8, 4) is 0 Å². The van der Waals surface area contributed by atoms with E-state index in [1.54, 1.807) is 33.2 Å². The van der Waals surface area contributed by atoms with Crippen LogP contribution < -0.4 is 11.1 Å². The van der Waals surface area contributed by atoms with Gasteiger partial charge in [0.1, 0.15) is 32.7 Å². The number of fused-ring (bicyclic) bond motifs is 3. The Bertz CT molecular complexity index is 3940. The Kier molecular flexibility index (Phi) is 21.8. The van der Waals surface area contributed by atoms with Gasteiger partial charge in [-0.3, -0.25) is 43.5 Å². The number of hydrogen-bond donors (Lipinski definition) is 2. The monoisotopic (exact) mass is 1220 g/mol. The Hall–Kier alpha value is -10.6. The molecule has 3 N–H and O–H groups in total. The molecule has 0 aliphatic heterocycles. The molecule has 0 radical (unpaired) electrons. The van der Waals surface area contributed by atoms with Gasteiger partial charge in [-0.2, -0.15) is 0 Å². The molecule has 17 nitrogen and oxygen atoms in total. The number of primary amides is 1. The molecular formula is C74H78N10O7. The molecule has 0 bridgehead atoms. The number of nitrogens with two attached hydrogens (primary N) is 1. The molecule has 2 heterocycles. The SMILES string of the molecule is C[C@@H](c1ccccc1)N(CC(N)=O)C(=O)CN(C(=O)CN(C(=O)CN(C(=O)CN(C(=O)CN(C(=O)CNc1cc2cccnc2c2ncccc12)[C@@H](C)c1ccccc1)[C@@H](C)c1ccccc1)[C@@H](C)c1ccccc1)[C@@H](C)c1ccccc1)[C@@H](C)c1ccccc1. The molecule has 7 aromatic carbocycles. The number of nitrogens with one attached hydrogen (secondary N) is 1. The van der Waals surface area contributed by atoms with Gasteiger partial charge in [0.05, 0.1) is 60.4 Å². The first-order valence-electron chi connectivity index (χ1n) is 30.7. The second-order valence-corrected chi connectivity index (χ2v) is 22.9. The van der Waals surface area contributed by atoms with Crippen molar-refractivity contribution in [1.29, 1.82) is 0 Å². The minimum Gasteiger partial charge on any atom is -0.376 e. The van der Waals surface area contributed by atoms with Crippen LogP contribution in [0, 0.1) is 0 Å². The van der Waals surface area contributed by atoms with Crippen molar-refractivity contribution in [3.05, 3.63) is 258 Å². The Balaban J connectivity index is 1.04. The molecule has 9 rings (SSSR count). The van der Waals surface area contributed by atoms with Crippen LogP contribution in [0.1, 0.15) is 111 Å². The van der Waals surface area contributed by atoms with E-state index in [-0.39, 0.29) is 12.5 Å². The van der Waals surface area contributed by atoms with E-state index in [1.165, 1.54) is 29.4 Å². The molecule has 0 aliphatic rings. The van der Waals surface area contributed by atoms with E-state index in [9.17, 15) is 14.4 Å². The van der Waals surface area contributed by atoms with Crippen LogP contribution in [0.25, 0.3) is 21.8 Å². The minimum absolute atomic E-state index is 0.196. The number of rotatable bonds is 27. The quantitative estimate of drug-likeness (QED) is 0.0466. The Morgan fingerprint density at radius 1 is 0.341 bits per heavy atom. The molecular weight excluding hydrogens is 1140 g/mol. The third-order valence-corrected chi connectivity index (χ3v) is 17.2. The maximum Gasteiger partial charge on any atom is 0.243 e. The van der Waals surface area contributed by atoms with Crippen molar-refractivity contribution < 1.29 is 33.6 Å². The van der Waals surface area contributed by atoms with Crippen molar-refractivity contribution in [2.24, 2.45) is 5.73 Å². The molecule has 0 saturated carbocycles. The molecule has 0 fully saturated rings. The summed E-state index contributed by atoms with van der Waals surface area (Å²) in [6, 6.07) is 60.9. The first kappa shape index (κ1) is 64.9. The highest BCUT2D eigenvalue weighted by Crippen LogP contribution is 2.32. The molecule has 6 atom stereocenters. The summed E-state index contributed by atoms with van der Waals surface area (Å²) in [5.74, 6) is -3.92. The lowest BCUT2D eigenvalue weighted by atomic mass is 10.0. The average molecular weight is 1220 g/mol. The van der Waals surface area contributed by atoms with E-state index < -0.39 is 111 Å². The van der Waals surface area contributed by atoms with Gasteiger partial charge in [0.15, 0.2) is 0 Å². The highest BCUT2D eigenvalue weighted by atomic mass is 16.2. The van der Waals surface area contributed by atoms with Gasteiger partial charge in [-0.1, -0.05) is 188 Å². The van der Waals surface area contributed by atoms with Gasteiger partial charge >= 0.3 is 0 Å². The van der Waals surface area contributed by atoms with Gasteiger partial charge in [-0.25, -0.2) is 0 Å². The summed E-state index contributed by atoms with van der Waals surface area (Å²) in [7, 11) is 0. The van der Waals surface area contributed by atoms with Crippen LogP contribution in [-0.4, -0.2) is 127 Å². The fourth-order valence-corrected chi connectivity index (χ4v) is 11.7. The minimum atomic E-state index is -0.749. The number of carbonyl (C=O) groups is 7. The van der Waals surface area contributed by atoms with Crippen LogP contribution in [-0.2, 0) is 33.6 Å². The zero-order valence-electron chi connectivity index (χ0n) is 52.3. The van der Waals surface area contributed by atoms with E-state index in [0.29, 0.717) is 22.3 Å². The van der Waals surface area contributed by atoms with Gasteiger partial charge < -0.3 is 40.4 Å². The molecule has 0 aliphatic carbocycles. The Morgan fingerprint density at radius 2 is 0.604 bits per heavy atom. The van der Waals surface area contributed by atoms with Gasteiger partial charge in [0.25, 0.3) is 0 Å². The summed E-state index contributed by atoms with van der Waals surface area (Å²) in [5, 5.41) is 4.96. The number of carbonyl (C=O) groups excluding carboxylic acids is 7. The van der Waals surface area contributed by atoms with E-state index in [1.807, 2.05) is 233 Å². The first-order chi connectivity index (χ1) is 44.0. The normalized spacial score (nSPS) is 13.1. The lowest BCUT2D eigenvalue weighted by Gasteiger charge is -2.38. The third-order valence-electron chi connectivity index (χ3n) is 17.2. The summed E-state index contributed by atoms with van der Waals surface area (Å²) >= 11 is 0. The topological polar surface area (TPSA) is 203 Å². The van der Waals surface area contributed by atoms with Crippen LogP contribution in [0.2, 0.25) is 0 Å². The predicted molar refractivity (Wildman–Crippen MR) is 354 cm³/mol. The maximum atomic E-state index is 15.7. The number of amides is 7. The Morgan fingerprint density at radius 3 is 0.901 bits per heavy atom. The lowest BCUT2D eigenvalue weighted by molar-refractivity contribution is -0.151. The van der Waals surface area contributed by atoms with Crippen LogP contribution in [0.15, 0.2) is 225 Å². The van der Waals surface area contributed by atoms with Crippen LogP contribution in [0.4, 0.5) is 5.69 Å². The van der Waals surface area contributed by atoms with Crippen LogP contribution >= 0.6 is 0 Å². The molecule has 0 saturated heterocycles. The van der Waals surface area contributed by atoms with Crippen molar-refractivity contribution in [2.45, 2.75) is 77.8 Å². The average Bonchev–Trinajstić information content (AvgIpc) is 1.42. The molecule has 7 amide bonds. The zero-order chi connectivity index (χ0) is 64.6. The van der Waals surface area contributed by atoms with Gasteiger partial charge in [0.2, 0.25) is 41.4 Å². The van der Waals surface area contributed by atoms with E-state index >= 15 is 19.2 Å². The maximum absolute atomic E-state index is 15.7. The van der Waals surface area contributed by atoms with Crippen LogP contribution in [0.5, 0.6) is 0 Å². The highest BCUT2D eigenvalue weighted by Gasteiger charge is 2.37. The summed E-state index contributed by atoms with van der Waals surface area (Å²) in [4.78, 5) is 123. The molecule has 0 unspecified atom stereocenters. The fourth-order valence-electron chi connectivity index (χ4n) is 11.7. The smallest absolute Gasteiger partial charge is 0.243 e. The predicted octanol–water partition coefficient (Wildman–Crippen LogP) is 11.2. The number of pyridine rings is 2. The summed E-state index contributed by atoms with van der Waals surface area (Å²) in [5.41, 5.74) is 12.2. The summed E-state index contributed by atoms with van der Waals surface area (Å²) in [6.45, 7) is 7.83. The lowest BCUT2D eigenvalue weighted by Crippen LogP contribution is -2.53. The molecule has 2 aromatic heterocycles. The number of hydrogen-bond acceptors (Lipinski definition) is 10. The first-order valence-corrected chi connectivity index (χ1v) is 30.7. The number of aromatic nitrogens is 2. The second-order valence-electron chi connectivity index (χ2n) is 22.9. The van der Waals surface area contributed by atoms with Crippen LogP contribution in [0.3, 0.4) is 0 Å². The summed E-state index contributed by atoms with van der Waals surface area (Å²) in [6.07, 6.45) is 3.41. The van der Waals surface area contributed by atoms with Crippen molar-refractivity contribution >= 4 is 68.8 Å². The van der Waals surface area contributed by atoms with E-state index in [4.69, 9.17) is 5.73 Å². The van der Waals surface area contributed by atoms with Crippen molar-refractivity contribution in [1.82, 2.24) is 39.4 Å². The molecule has 9 aromatic rings. The van der Waals surface area contributed by atoms with Gasteiger partial charge in [0, 0.05) is 28.9 Å². The second kappa shape index (κ2) is 30.6. The third kappa shape index (κ3) is 16.0. The molecule has 17 heteroatoms. The standard InChI is InChI=1S/C74H78N10O7/c1-51(57-27-13-7-14-28-57)79(45-66(75)85)68(87)47-81(53(3)59-31-17-9-18-32-59)70(89)49-83(55(5)61-35-21-11-22-36-61)72(91)50-84(56(6)62-37-23-12-24-38-62)71(90)48-82(54(4)60-33-19-10-20-34-60)69(88)46-80(52(2)58-29-15-8-16-30-58)67(86)44-78-65-43-63-39-25-41-76-73(63)74-64(65)40-26-42-77-74/h7-43,51-56,78H,44-50H2,1-6H3,(H2,75,85)/t51-,52-,53-,54-,55-,56-/m0/s1. The number of nitrogens with zero attached hydrogens (tertiary/aromatic N) is 8. The van der Waals surface area contributed by atoms with E-state index in [0.717, 1.165) is 38.5 Å². The fraction of sp³-hybridized carbons (Fsp3) is 0.257. The molecule has 0 spiro atoms. The summed E-state index contributed by atoms with van der Waals surface area (Å²) < 4.78 is 0. The Labute approximate surface area is 532 Å². The molecule has 466 valence electrons. The number of benzene rings is 7. The van der Waals surface area contributed by atoms with Crippen molar-refractivity contribution in [3.63, 3.8) is 0 Å².